The summed E-state index contributed by atoms with van der Waals surface area (Å²) in [5.74, 6) is 1.37. The van der Waals surface area contributed by atoms with Crippen molar-refractivity contribution in [1.29, 1.82) is 0 Å². The maximum atomic E-state index is 12.0. The molecule has 5 nitrogen and oxygen atoms in total. The van der Waals surface area contributed by atoms with Gasteiger partial charge in [-0.15, -0.1) is 0 Å². The normalized spacial score (nSPS) is 25.2. The lowest BCUT2D eigenvalue weighted by Gasteiger charge is -2.38. The van der Waals surface area contributed by atoms with E-state index < -0.39 is 5.54 Å². The van der Waals surface area contributed by atoms with Gasteiger partial charge in [0, 0.05) is 6.42 Å². The molecule has 1 aromatic rings. The molecule has 1 saturated carbocycles. The van der Waals surface area contributed by atoms with Crippen molar-refractivity contribution in [3.05, 3.63) is 24.3 Å². The van der Waals surface area contributed by atoms with Crippen molar-refractivity contribution in [3.63, 3.8) is 0 Å². The number of esters is 1. The van der Waals surface area contributed by atoms with Crippen molar-refractivity contribution in [2.75, 3.05) is 21.3 Å². The fourth-order valence-electron chi connectivity index (χ4n) is 2.88. The van der Waals surface area contributed by atoms with Crippen molar-refractivity contribution in [2.24, 2.45) is 0 Å². The van der Waals surface area contributed by atoms with E-state index in [4.69, 9.17) is 14.2 Å². The molecule has 21 heavy (non-hydrogen) atoms. The maximum Gasteiger partial charge on any atom is 0.326 e. The molecule has 1 aromatic carbocycles. The zero-order valence-corrected chi connectivity index (χ0v) is 12.8. The number of hydrogen-bond donors (Lipinski definition) is 1. The standard InChI is InChI=1S/C16H23NO4/c1-17-16(15(18)20-3)10-4-5-14(11-16)21-13-8-6-12(19-2)7-9-13/h6-9,14,17H,4-5,10-11H2,1-3H3. The summed E-state index contributed by atoms with van der Waals surface area (Å²) in [5, 5.41) is 3.13. The third kappa shape index (κ3) is 3.47. The average molecular weight is 293 g/mol. The summed E-state index contributed by atoms with van der Waals surface area (Å²) in [6.07, 6.45) is 3.25. The second-order valence-corrected chi connectivity index (χ2v) is 5.34. The van der Waals surface area contributed by atoms with Crippen LogP contribution in [0.4, 0.5) is 0 Å². The number of nitrogens with one attached hydrogen (secondary N) is 1. The number of carbonyl (C=O) groups is 1. The van der Waals surface area contributed by atoms with Gasteiger partial charge in [0.25, 0.3) is 0 Å². The molecule has 116 valence electrons. The molecule has 2 rings (SSSR count). The summed E-state index contributed by atoms with van der Waals surface area (Å²) in [6.45, 7) is 0. The number of benzene rings is 1. The molecule has 1 fully saturated rings. The molecule has 2 unspecified atom stereocenters. The Labute approximate surface area is 125 Å². The molecule has 2 atom stereocenters. The van der Waals surface area contributed by atoms with Crippen LogP contribution in [0.15, 0.2) is 24.3 Å². The number of methoxy groups -OCH3 is 2. The highest BCUT2D eigenvalue weighted by Gasteiger charge is 2.43. The quantitative estimate of drug-likeness (QED) is 0.843. The van der Waals surface area contributed by atoms with Crippen molar-refractivity contribution >= 4 is 5.97 Å². The van der Waals surface area contributed by atoms with Gasteiger partial charge in [-0.2, -0.15) is 0 Å². The molecule has 0 heterocycles. The highest BCUT2D eigenvalue weighted by Crippen LogP contribution is 2.32. The Morgan fingerprint density at radius 1 is 1.24 bits per heavy atom. The van der Waals surface area contributed by atoms with Crippen LogP contribution in [0.2, 0.25) is 0 Å². The minimum Gasteiger partial charge on any atom is -0.497 e. The SMILES string of the molecule is CNC1(C(=O)OC)CCCC(Oc2ccc(OC)cc2)C1. The molecule has 5 heteroatoms. The molecule has 1 N–H and O–H groups in total. The van der Waals surface area contributed by atoms with Gasteiger partial charge in [0.05, 0.1) is 14.2 Å². The first-order chi connectivity index (χ1) is 10.1. The Morgan fingerprint density at radius 3 is 2.48 bits per heavy atom. The predicted octanol–water partition coefficient (Wildman–Crippen LogP) is 2.15. The molecule has 0 aromatic heterocycles. The van der Waals surface area contributed by atoms with E-state index in [0.717, 1.165) is 30.8 Å². The van der Waals surface area contributed by atoms with Crippen LogP contribution in [-0.2, 0) is 9.53 Å². The summed E-state index contributed by atoms with van der Waals surface area (Å²) < 4.78 is 16.1. The number of ether oxygens (including phenoxy) is 3. The van der Waals surface area contributed by atoms with E-state index in [-0.39, 0.29) is 12.1 Å². The Hall–Kier alpha value is -1.75. The molecule has 0 aliphatic heterocycles. The van der Waals surface area contributed by atoms with Gasteiger partial charge >= 0.3 is 5.97 Å². The van der Waals surface area contributed by atoms with Crippen molar-refractivity contribution in [1.82, 2.24) is 5.32 Å². The van der Waals surface area contributed by atoms with Crippen molar-refractivity contribution < 1.29 is 19.0 Å². The average Bonchev–Trinajstić information content (AvgIpc) is 2.55. The second-order valence-electron chi connectivity index (χ2n) is 5.34. The van der Waals surface area contributed by atoms with E-state index in [1.54, 1.807) is 14.2 Å². The van der Waals surface area contributed by atoms with E-state index in [1.807, 2.05) is 24.3 Å². The summed E-state index contributed by atoms with van der Waals surface area (Å²) in [5.41, 5.74) is -0.635. The molecular weight excluding hydrogens is 270 g/mol. The Morgan fingerprint density at radius 2 is 1.90 bits per heavy atom. The zero-order chi connectivity index (χ0) is 15.3. The highest BCUT2D eigenvalue weighted by atomic mass is 16.5. The van der Waals surface area contributed by atoms with Gasteiger partial charge in [0.1, 0.15) is 23.1 Å². The van der Waals surface area contributed by atoms with Crippen LogP contribution in [0.3, 0.4) is 0 Å². The minimum atomic E-state index is -0.635. The molecule has 0 amide bonds. The van der Waals surface area contributed by atoms with Crippen LogP contribution in [0.1, 0.15) is 25.7 Å². The van der Waals surface area contributed by atoms with E-state index in [9.17, 15) is 4.79 Å². The topological polar surface area (TPSA) is 56.8 Å². The van der Waals surface area contributed by atoms with E-state index in [0.29, 0.717) is 6.42 Å². The third-order valence-electron chi connectivity index (χ3n) is 4.12. The van der Waals surface area contributed by atoms with Crippen LogP contribution in [0.5, 0.6) is 11.5 Å². The third-order valence-corrected chi connectivity index (χ3v) is 4.12. The van der Waals surface area contributed by atoms with Gasteiger partial charge in [-0.25, -0.2) is 0 Å². The van der Waals surface area contributed by atoms with Gasteiger partial charge in [0.15, 0.2) is 0 Å². The van der Waals surface area contributed by atoms with Gasteiger partial charge < -0.3 is 19.5 Å². The van der Waals surface area contributed by atoms with Crippen LogP contribution in [-0.4, -0.2) is 38.9 Å². The molecule has 1 aliphatic rings. The molecule has 0 spiro atoms. The predicted molar refractivity (Wildman–Crippen MR) is 79.7 cm³/mol. The number of likely N-dealkylation sites (N-methyl/N-ethyl adjacent to an activating group) is 1. The molecular formula is C16H23NO4. The minimum absolute atomic E-state index is 0.00121. The summed E-state index contributed by atoms with van der Waals surface area (Å²) in [7, 11) is 4.86. The second kappa shape index (κ2) is 6.80. The van der Waals surface area contributed by atoms with Gasteiger partial charge in [-0.1, -0.05) is 0 Å². The largest absolute Gasteiger partial charge is 0.497 e. The lowest BCUT2D eigenvalue weighted by atomic mass is 9.80. The highest BCUT2D eigenvalue weighted by molar-refractivity contribution is 5.81. The van der Waals surface area contributed by atoms with Gasteiger partial charge in [0.2, 0.25) is 0 Å². The van der Waals surface area contributed by atoms with Gasteiger partial charge in [-0.3, -0.25) is 4.79 Å². The maximum absolute atomic E-state index is 12.0. The summed E-state index contributed by atoms with van der Waals surface area (Å²) in [4.78, 5) is 12.0. The number of hydrogen-bond acceptors (Lipinski definition) is 5. The van der Waals surface area contributed by atoms with Crippen LogP contribution < -0.4 is 14.8 Å². The first kappa shape index (κ1) is 15.6. The Kier molecular flexibility index (Phi) is 5.07. The summed E-state index contributed by atoms with van der Waals surface area (Å²) in [6, 6.07) is 7.49. The Bertz CT molecular complexity index is 474. The fourth-order valence-corrected chi connectivity index (χ4v) is 2.88. The van der Waals surface area contributed by atoms with Crippen LogP contribution in [0, 0.1) is 0 Å². The molecule has 0 bridgehead atoms. The van der Waals surface area contributed by atoms with Crippen LogP contribution >= 0.6 is 0 Å². The van der Waals surface area contributed by atoms with Crippen molar-refractivity contribution in [2.45, 2.75) is 37.3 Å². The number of rotatable bonds is 5. The van der Waals surface area contributed by atoms with Crippen molar-refractivity contribution in [3.8, 4) is 11.5 Å². The Balaban J connectivity index is 2.04. The first-order valence-electron chi connectivity index (χ1n) is 7.21. The lowest BCUT2D eigenvalue weighted by molar-refractivity contribution is -0.151. The molecule has 1 aliphatic carbocycles. The van der Waals surface area contributed by atoms with E-state index in [1.165, 1.54) is 7.11 Å². The molecule has 0 saturated heterocycles. The smallest absolute Gasteiger partial charge is 0.326 e. The fraction of sp³-hybridized carbons (Fsp3) is 0.562. The zero-order valence-electron chi connectivity index (χ0n) is 12.8. The monoisotopic (exact) mass is 293 g/mol. The van der Waals surface area contributed by atoms with Crippen LogP contribution in [0.25, 0.3) is 0 Å². The molecule has 0 radical (unpaired) electrons. The van der Waals surface area contributed by atoms with Gasteiger partial charge in [-0.05, 0) is 50.6 Å². The van der Waals surface area contributed by atoms with E-state index in [2.05, 4.69) is 5.32 Å². The number of carbonyl (C=O) groups excluding carboxylic acids is 1. The lowest BCUT2D eigenvalue weighted by Crippen LogP contribution is -2.55. The first-order valence-corrected chi connectivity index (χ1v) is 7.21. The summed E-state index contributed by atoms with van der Waals surface area (Å²) >= 11 is 0. The van der Waals surface area contributed by atoms with E-state index >= 15 is 0 Å².